The van der Waals surface area contributed by atoms with Crippen molar-refractivity contribution in [3.63, 3.8) is 0 Å². The van der Waals surface area contributed by atoms with Gasteiger partial charge in [-0.2, -0.15) is 0 Å². The van der Waals surface area contributed by atoms with Gasteiger partial charge < -0.3 is 10.5 Å². The molecule has 18 heavy (non-hydrogen) atoms. The summed E-state index contributed by atoms with van der Waals surface area (Å²) in [7, 11) is 0. The Hall–Kier alpha value is -0.420. The van der Waals surface area contributed by atoms with Crippen molar-refractivity contribution in [2.75, 3.05) is 26.2 Å². The van der Waals surface area contributed by atoms with E-state index in [1.165, 1.54) is 5.56 Å². The van der Waals surface area contributed by atoms with Crippen molar-refractivity contribution in [3.8, 4) is 0 Å². The molecule has 1 aliphatic heterocycles. The van der Waals surface area contributed by atoms with E-state index < -0.39 is 0 Å². The quantitative estimate of drug-likeness (QED) is 0.928. The number of rotatable bonds is 4. The predicted molar refractivity (Wildman–Crippen MR) is 77.5 cm³/mol. The van der Waals surface area contributed by atoms with Crippen LogP contribution in [0.15, 0.2) is 28.7 Å². The molecule has 2 unspecified atom stereocenters. The molecule has 0 radical (unpaired) electrons. The largest absolute Gasteiger partial charge is 0.374 e. The summed E-state index contributed by atoms with van der Waals surface area (Å²) < 4.78 is 6.76. The highest BCUT2D eigenvalue weighted by atomic mass is 79.9. The standard InChI is InChI=1S/C14H21BrN2O/c1-2-14(11-3-5-12(15)6-4-11)17-7-8-18-13(9-16)10-17/h3-6,13-14H,2,7-10,16H2,1H3. The van der Waals surface area contributed by atoms with E-state index in [4.69, 9.17) is 10.5 Å². The number of halogens is 1. The van der Waals surface area contributed by atoms with Crippen molar-refractivity contribution in [2.24, 2.45) is 5.73 Å². The van der Waals surface area contributed by atoms with Crippen molar-refractivity contribution in [2.45, 2.75) is 25.5 Å². The van der Waals surface area contributed by atoms with Crippen LogP contribution >= 0.6 is 15.9 Å². The lowest BCUT2D eigenvalue weighted by molar-refractivity contribution is -0.0396. The summed E-state index contributed by atoms with van der Waals surface area (Å²) in [6, 6.07) is 9.09. The van der Waals surface area contributed by atoms with Crippen molar-refractivity contribution in [1.82, 2.24) is 4.90 Å². The molecule has 0 aliphatic carbocycles. The van der Waals surface area contributed by atoms with E-state index in [1.807, 2.05) is 0 Å². The third-order valence-electron chi connectivity index (χ3n) is 3.52. The molecule has 2 rings (SSSR count). The molecule has 1 aromatic carbocycles. The molecule has 100 valence electrons. The predicted octanol–water partition coefficient (Wildman–Crippen LogP) is 2.56. The van der Waals surface area contributed by atoms with Gasteiger partial charge >= 0.3 is 0 Å². The molecule has 0 spiro atoms. The van der Waals surface area contributed by atoms with Crippen LogP contribution in [-0.2, 0) is 4.74 Å². The number of hydrogen-bond acceptors (Lipinski definition) is 3. The third kappa shape index (κ3) is 3.32. The van der Waals surface area contributed by atoms with Gasteiger partial charge in [-0.1, -0.05) is 35.0 Å². The lowest BCUT2D eigenvalue weighted by Crippen LogP contribution is -2.46. The minimum absolute atomic E-state index is 0.184. The van der Waals surface area contributed by atoms with Gasteiger partial charge in [-0.3, -0.25) is 4.90 Å². The molecular weight excluding hydrogens is 292 g/mol. The van der Waals surface area contributed by atoms with Crippen LogP contribution in [0.1, 0.15) is 24.9 Å². The molecule has 1 heterocycles. The van der Waals surface area contributed by atoms with Crippen molar-refractivity contribution in [3.05, 3.63) is 34.3 Å². The van der Waals surface area contributed by atoms with E-state index in [0.717, 1.165) is 30.6 Å². The monoisotopic (exact) mass is 312 g/mol. The average molecular weight is 313 g/mol. The van der Waals surface area contributed by atoms with Crippen LogP contribution in [-0.4, -0.2) is 37.2 Å². The van der Waals surface area contributed by atoms with Crippen LogP contribution in [0.2, 0.25) is 0 Å². The van der Waals surface area contributed by atoms with Crippen LogP contribution in [0, 0.1) is 0 Å². The minimum Gasteiger partial charge on any atom is -0.374 e. The summed E-state index contributed by atoms with van der Waals surface area (Å²) in [5.41, 5.74) is 7.08. The van der Waals surface area contributed by atoms with Crippen molar-refractivity contribution < 1.29 is 4.74 Å². The lowest BCUT2D eigenvalue weighted by Gasteiger charge is -2.38. The highest BCUT2D eigenvalue weighted by Gasteiger charge is 2.25. The summed E-state index contributed by atoms with van der Waals surface area (Å²) in [5.74, 6) is 0. The molecular formula is C14H21BrN2O. The molecule has 2 atom stereocenters. The fourth-order valence-corrected chi connectivity index (χ4v) is 2.82. The Morgan fingerprint density at radius 3 is 2.78 bits per heavy atom. The fraction of sp³-hybridized carbons (Fsp3) is 0.571. The summed E-state index contributed by atoms with van der Waals surface area (Å²) in [4.78, 5) is 2.49. The molecule has 1 aliphatic rings. The second-order valence-corrected chi connectivity index (χ2v) is 5.61. The Morgan fingerprint density at radius 2 is 2.17 bits per heavy atom. The van der Waals surface area contributed by atoms with E-state index >= 15 is 0 Å². The van der Waals surface area contributed by atoms with Crippen LogP contribution < -0.4 is 5.73 Å². The molecule has 0 aromatic heterocycles. The summed E-state index contributed by atoms with van der Waals surface area (Å²) in [5, 5.41) is 0. The highest BCUT2D eigenvalue weighted by Crippen LogP contribution is 2.27. The Balaban J connectivity index is 2.10. The first-order valence-electron chi connectivity index (χ1n) is 6.55. The molecule has 2 N–H and O–H groups in total. The Bertz CT molecular complexity index is 369. The van der Waals surface area contributed by atoms with Gasteiger partial charge in [-0.25, -0.2) is 0 Å². The molecule has 3 nitrogen and oxygen atoms in total. The first kappa shape index (κ1) is 14.0. The number of nitrogens with zero attached hydrogens (tertiary/aromatic N) is 1. The Morgan fingerprint density at radius 1 is 1.44 bits per heavy atom. The highest BCUT2D eigenvalue weighted by molar-refractivity contribution is 9.10. The maximum Gasteiger partial charge on any atom is 0.0824 e. The van der Waals surface area contributed by atoms with Gasteiger partial charge in [0, 0.05) is 30.1 Å². The van der Waals surface area contributed by atoms with Gasteiger partial charge in [0.15, 0.2) is 0 Å². The van der Waals surface area contributed by atoms with Crippen molar-refractivity contribution >= 4 is 15.9 Å². The normalized spacial score (nSPS) is 22.9. The van der Waals surface area contributed by atoms with Gasteiger partial charge in [0.1, 0.15) is 0 Å². The third-order valence-corrected chi connectivity index (χ3v) is 4.04. The van der Waals surface area contributed by atoms with Gasteiger partial charge in [0.25, 0.3) is 0 Å². The SMILES string of the molecule is CCC(c1ccc(Br)cc1)N1CCOC(CN)C1. The first-order chi connectivity index (χ1) is 8.74. The minimum atomic E-state index is 0.184. The van der Waals surface area contributed by atoms with Gasteiger partial charge in [0.2, 0.25) is 0 Å². The molecule has 0 saturated carbocycles. The average Bonchev–Trinajstić information content (AvgIpc) is 2.42. The van der Waals surface area contributed by atoms with Crippen LogP contribution in [0.4, 0.5) is 0 Å². The van der Waals surface area contributed by atoms with Gasteiger partial charge in [-0.15, -0.1) is 0 Å². The van der Waals surface area contributed by atoms with Crippen LogP contribution in [0.3, 0.4) is 0 Å². The zero-order chi connectivity index (χ0) is 13.0. The van der Waals surface area contributed by atoms with E-state index in [-0.39, 0.29) is 6.10 Å². The van der Waals surface area contributed by atoms with Gasteiger partial charge in [0.05, 0.1) is 12.7 Å². The lowest BCUT2D eigenvalue weighted by atomic mass is 10.0. The zero-order valence-corrected chi connectivity index (χ0v) is 12.4. The smallest absolute Gasteiger partial charge is 0.0824 e. The second kappa shape index (κ2) is 6.66. The Labute approximate surface area is 117 Å². The molecule has 4 heteroatoms. The number of ether oxygens (including phenoxy) is 1. The molecule has 1 fully saturated rings. The maximum atomic E-state index is 5.71. The number of morpholine rings is 1. The van der Waals surface area contributed by atoms with Gasteiger partial charge in [-0.05, 0) is 24.1 Å². The topological polar surface area (TPSA) is 38.5 Å². The van der Waals surface area contributed by atoms with E-state index in [2.05, 4.69) is 52.0 Å². The zero-order valence-electron chi connectivity index (χ0n) is 10.8. The van der Waals surface area contributed by atoms with Crippen LogP contribution in [0.25, 0.3) is 0 Å². The summed E-state index contributed by atoms with van der Waals surface area (Å²) >= 11 is 3.48. The molecule has 0 bridgehead atoms. The second-order valence-electron chi connectivity index (χ2n) is 4.70. The number of benzene rings is 1. The molecule has 1 saturated heterocycles. The number of nitrogens with two attached hydrogens (primary N) is 1. The number of hydrogen-bond donors (Lipinski definition) is 1. The van der Waals surface area contributed by atoms with Crippen molar-refractivity contribution in [1.29, 1.82) is 0 Å². The summed E-state index contributed by atoms with van der Waals surface area (Å²) in [6.07, 6.45) is 1.29. The maximum absolute atomic E-state index is 5.71. The first-order valence-corrected chi connectivity index (χ1v) is 7.35. The molecule has 1 aromatic rings. The Kier molecular flexibility index (Phi) is 5.18. The fourth-order valence-electron chi connectivity index (χ4n) is 2.56. The van der Waals surface area contributed by atoms with E-state index in [9.17, 15) is 0 Å². The van der Waals surface area contributed by atoms with E-state index in [0.29, 0.717) is 12.6 Å². The van der Waals surface area contributed by atoms with E-state index in [1.54, 1.807) is 0 Å². The molecule has 0 amide bonds. The summed E-state index contributed by atoms with van der Waals surface area (Å²) in [6.45, 7) is 5.55. The van der Waals surface area contributed by atoms with Crippen LogP contribution in [0.5, 0.6) is 0 Å².